The first kappa shape index (κ1) is 20.8. The molecule has 0 fully saturated rings. The molecule has 0 radical (unpaired) electrons. The quantitative estimate of drug-likeness (QED) is 0.379. The number of anilines is 1. The number of methoxy groups -OCH3 is 2. The Morgan fingerprint density at radius 1 is 0.971 bits per heavy atom. The predicted molar refractivity (Wildman–Crippen MR) is 132 cm³/mol. The Morgan fingerprint density at radius 3 is 2.68 bits per heavy atom. The Bertz CT molecular complexity index is 1430. The lowest BCUT2D eigenvalue weighted by molar-refractivity contribution is 0.222. The summed E-state index contributed by atoms with van der Waals surface area (Å²) in [6, 6.07) is 21.9. The van der Waals surface area contributed by atoms with Crippen molar-refractivity contribution in [3.8, 4) is 17.2 Å². The maximum Gasteiger partial charge on any atom is 0.226 e. The van der Waals surface area contributed by atoms with E-state index in [0.717, 1.165) is 49.7 Å². The van der Waals surface area contributed by atoms with Gasteiger partial charge in [-0.05, 0) is 57.9 Å². The minimum absolute atomic E-state index is 0.250. The molecule has 4 aromatic rings. The first-order valence-corrected chi connectivity index (χ1v) is 11.6. The number of hydrogen-bond acceptors (Lipinski definition) is 6. The molecule has 6 rings (SSSR count). The molecule has 2 atom stereocenters. The standard InChI is InChI=1S/C26H21BrN4O3/c1-32-17-7-5-6-16(12-17)25-22-23(18-8-3-4-9-20(18)34-25)30-26-28-14-29-31(26)24(22)15-10-11-21(33-2)19(27)13-15/h3-14,24-25H,1-2H3,(H,28,29,30). The van der Waals surface area contributed by atoms with Crippen molar-refractivity contribution < 1.29 is 14.2 Å². The second-order valence-corrected chi connectivity index (χ2v) is 8.91. The Balaban J connectivity index is 1.61. The van der Waals surface area contributed by atoms with Gasteiger partial charge < -0.3 is 19.5 Å². The van der Waals surface area contributed by atoms with Gasteiger partial charge in [0.1, 0.15) is 35.7 Å². The van der Waals surface area contributed by atoms with E-state index in [1.807, 2.05) is 47.1 Å². The van der Waals surface area contributed by atoms with Crippen LogP contribution in [0.4, 0.5) is 5.95 Å². The molecular weight excluding hydrogens is 496 g/mol. The third-order valence-corrected chi connectivity index (χ3v) is 6.83. The van der Waals surface area contributed by atoms with Crippen molar-refractivity contribution in [3.63, 3.8) is 0 Å². The highest BCUT2D eigenvalue weighted by molar-refractivity contribution is 9.10. The molecule has 0 spiro atoms. The molecular formula is C26H21BrN4O3. The maximum atomic E-state index is 6.65. The molecule has 2 aliphatic heterocycles. The van der Waals surface area contributed by atoms with Crippen molar-refractivity contribution in [2.45, 2.75) is 12.1 Å². The predicted octanol–water partition coefficient (Wildman–Crippen LogP) is 5.62. The molecule has 3 heterocycles. The van der Waals surface area contributed by atoms with Crippen LogP contribution in [0, 0.1) is 0 Å². The molecule has 1 N–H and O–H groups in total. The zero-order chi connectivity index (χ0) is 23.2. The Labute approximate surface area is 205 Å². The molecule has 3 aromatic carbocycles. The smallest absolute Gasteiger partial charge is 0.226 e. The number of nitrogens with zero attached hydrogens (tertiary/aromatic N) is 3. The van der Waals surface area contributed by atoms with Crippen molar-refractivity contribution in [2.24, 2.45) is 0 Å². The van der Waals surface area contributed by atoms with Crippen LogP contribution in [-0.4, -0.2) is 29.0 Å². The van der Waals surface area contributed by atoms with E-state index in [2.05, 4.69) is 55.6 Å². The molecule has 8 heteroatoms. The van der Waals surface area contributed by atoms with Gasteiger partial charge in [0.2, 0.25) is 5.95 Å². The summed E-state index contributed by atoms with van der Waals surface area (Å²) in [6.45, 7) is 0. The van der Waals surface area contributed by atoms with Crippen LogP contribution in [0.15, 0.2) is 83.1 Å². The van der Waals surface area contributed by atoms with E-state index in [0.29, 0.717) is 5.95 Å². The van der Waals surface area contributed by atoms with Crippen molar-refractivity contribution in [2.75, 3.05) is 19.5 Å². The Kier molecular flexibility index (Phi) is 5.03. The lowest BCUT2D eigenvalue weighted by atomic mass is 9.84. The number of rotatable bonds is 4. The topological polar surface area (TPSA) is 70.4 Å². The van der Waals surface area contributed by atoms with Gasteiger partial charge in [-0.3, -0.25) is 0 Å². The second kappa shape index (κ2) is 8.22. The third-order valence-electron chi connectivity index (χ3n) is 6.21. The number of fused-ring (bicyclic) bond motifs is 3. The van der Waals surface area contributed by atoms with Gasteiger partial charge in [0.25, 0.3) is 0 Å². The van der Waals surface area contributed by atoms with Crippen molar-refractivity contribution in [1.82, 2.24) is 14.8 Å². The zero-order valence-corrected chi connectivity index (χ0v) is 20.1. The molecule has 0 saturated carbocycles. The summed E-state index contributed by atoms with van der Waals surface area (Å²) >= 11 is 3.65. The number of ether oxygens (including phenoxy) is 3. The van der Waals surface area contributed by atoms with Gasteiger partial charge in [-0.1, -0.05) is 30.3 Å². The fraction of sp³-hybridized carbons (Fsp3) is 0.154. The molecule has 1 aromatic heterocycles. The number of benzene rings is 3. The van der Waals surface area contributed by atoms with E-state index in [-0.39, 0.29) is 12.1 Å². The number of hydrogen-bond donors (Lipinski definition) is 1. The van der Waals surface area contributed by atoms with Gasteiger partial charge in [-0.2, -0.15) is 10.1 Å². The summed E-state index contributed by atoms with van der Waals surface area (Å²) in [5, 5.41) is 8.10. The van der Waals surface area contributed by atoms with Gasteiger partial charge >= 0.3 is 0 Å². The normalized spacial score (nSPS) is 18.2. The minimum atomic E-state index is -0.365. The van der Waals surface area contributed by atoms with Gasteiger partial charge in [-0.15, -0.1) is 0 Å². The van der Waals surface area contributed by atoms with E-state index in [1.165, 1.54) is 0 Å². The fourth-order valence-electron chi connectivity index (χ4n) is 4.67. The highest BCUT2D eigenvalue weighted by Crippen LogP contribution is 2.51. The summed E-state index contributed by atoms with van der Waals surface area (Å²) in [7, 11) is 3.33. The van der Waals surface area contributed by atoms with Crippen molar-refractivity contribution in [3.05, 3.63) is 99.8 Å². The van der Waals surface area contributed by atoms with Gasteiger partial charge in [0.05, 0.1) is 24.4 Å². The van der Waals surface area contributed by atoms with Crippen LogP contribution in [0.5, 0.6) is 17.2 Å². The zero-order valence-electron chi connectivity index (χ0n) is 18.5. The van der Waals surface area contributed by atoms with Crippen LogP contribution in [-0.2, 0) is 0 Å². The van der Waals surface area contributed by atoms with E-state index >= 15 is 0 Å². The largest absolute Gasteiger partial charge is 0.497 e. The maximum absolute atomic E-state index is 6.65. The number of para-hydroxylation sites is 1. The van der Waals surface area contributed by atoms with E-state index < -0.39 is 0 Å². The average molecular weight is 517 g/mol. The molecule has 0 aliphatic carbocycles. The summed E-state index contributed by atoms with van der Waals surface area (Å²) in [5.41, 5.74) is 5.03. The molecule has 7 nitrogen and oxygen atoms in total. The van der Waals surface area contributed by atoms with Crippen LogP contribution >= 0.6 is 15.9 Å². The fourth-order valence-corrected chi connectivity index (χ4v) is 5.23. The molecule has 2 unspecified atom stereocenters. The second-order valence-electron chi connectivity index (χ2n) is 8.05. The van der Waals surface area contributed by atoms with E-state index in [4.69, 9.17) is 14.2 Å². The summed E-state index contributed by atoms with van der Waals surface area (Å²) in [4.78, 5) is 4.49. The highest BCUT2D eigenvalue weighted by atomic mass is 79.9. The third kappa shape index (κ3) is 3.25. The first-order chi connectivity index (χ1) is 16.7. The van der Waals surface area contributed by atoms with Crippen LogP contribution in [0.3, 0.4) is 0 Å². The monoisotopic (exact) mass is 516 g/mol. The van der Waals surface area contributed by atoms with Crippen molar-refractivity contribution >= 4 is 27.6 Å². The Morgan fingerprint density at radius 2 is 1.85 bits per heavy atom. The van der Waals surface area contributed by atoms with Gasteiger partial charge in [0.15, 0.2) is 0 Å². The average Bonchev–Trinajstić information content (AvgIpc) is 3.35. The number of aromatic nitrogens is 3. The first-order valence-electron chi connectivity index (χ1n) is 10.8. The SMILES string of the molecule is COc1cccc(C2Oc3ccccc3C3=C2C(c2ccc(OC)c(Br)c2)n2ncnc2N3)c1. The molecule has 2 aliphatic rings. The van der Waals surface area contributed by atoms with Crippen LogP contribution in [0.1, 0.15) is 28.8 Å². The van der Waals surface area contributed by atoms with Crippen LogP contribution < -0.4 is 19.5 Å². The minimum Gasteiger partial charge on any atom is -0.497 e. The molecule has 34 heavy (non-hydrogen) atoms. The number of nitrogens with one attached hydrogen (secondary N) is 1. The highest BCUT2D eigenvalue weighted by Gasteiger charge is 2.41. The van der Waals surface area contributed by atoms with E-state index in [1.54, 1.807) is 20.5 Å². The van der Waals surface area contributed by atoms with Gasteiger partial charge in [0, 0.05) is 16.7 Å². The van der Waals surface area contributed by atoms with Crippen LogP contribution in [0.25, 0.3) is 5.70 Å². The molecule has 170 valence electrons. The number of halogens is 1. The lowest BCUT2D eigenvalue weighted by Gasteiger charge is -2.39. The summed E-state index contributed by atoms with van der Waals surface area (Å²) in [6.07, 6.45) is 1.20. The molecule has 0 amide bonds. The van der Waals surface area contributed by atoms with E-state index in [9.17, 15) is 0 Å². The lowest BCUT2D eigenvalue weighted by Crippen LogP contribution is -2.32. The summed E-state index contributed by atoms with van der Waals surface area (Å²) < 4.78 is 20.4. The molecule has 0 bridgehead atoms. The Hall–Kier alpha value is -3.78. The van der Waals surface area contributed by atoms with Crippen LogP contribution in [0.2, 0.25) is 0 Å². The summed E-state index contributed by atoms with van der Waals surface area (Å²) in [5.74, 6) is 3.03. The molecule has 0 saturated heterocycles. The van der Waals surface area contributed by atoms with Crippen molar-refractivity contribution in [1.29, 1.82) is 0 Å². The van der Waals surface area contributed by atoms with Gasteiger partial charge in [-0.25, -0.2) is 4.68 Å².